The number of hydrazine groups is 1. The quantitative estimate of drug-likeness (QED) is 0.418. The van der Waals surface area contributed by atoms with Crippen molar-refractivity contribution in [2.45, 2.75) is 51.5 Å². The smallest absolute Gasteiger partial charge is 0.251 e. The molecule has 0 aromatic carbocycles. The summed E-state index contributed by atoms with van der Waals surface area (Å²) >= 11 is 0. The molecule has 1 fully saturated rings. The molecule has 4 nitrogen and oxygen atoms in total. The molecule has 3 N–H and O–H groups in total. The molecule has 0 radical (unpaired) electrons. The van der Waals surface area contributed by atoms with E-state index in [-0.39, 0.29) is 11.9 Å². The first kappa shape index (κ1) is 12.5. The van der Waals surface area contributed by atoms with Gasteiger partial charge in [0.05, 0.1) is 6.04 Å². The monoisotopic (exact) mass is 213 g/mol. The SMILES string of the molecule is CCC(C(=O)NN)N1CCCCCCC1. The van der Waals surface area contributed by atoms with Crippen molar-refractivity contribution in [1.82, 2.24) is 10.3 Å². The second kappa shape index (κ2) is 6.80. The fraction of sp³-hybridized carbons (Fsp3) is 0.909. The highest BCUT2D eigenvalue weighted by molar-refractivity contribution is 5.81. The van der Waals surface area contributed by atoms with Gasteiger partial charge >= 0.3 is 0 Å². The van der Waals surface area contributed by atoms with Crippen LogP contribution in [0, 0.1) is 0 Å². The van der Waals surface area contributed by atoms with Gasteiger partial charge in [0.1, 0.15) is 0 Å². The van der Waals surface area contributed by atoms with Gasteiger partial charge in [-0.15, -0.1) is 0 Å². The number of carbonyl (C=O) groups is 1. The van der Waals surface area contributed by atoms with Crippen LogP contribution in [0.25, 0.3) is 0 Å². The van der Waals surface area contributed by atoms with E-state index in [9.17, 15) is 4.79 Å². The van der Waals surface area contributed by atoms with Crippen molar-refractivity contribution in [3.05, 3.63) is 0 Å². The number of nitrogens with zero attached hydrogens (tertiary/aromatic N) is 1. The molecule has 1 saturated heterocycles. The summed E-state index contributed by atoms with van der Waals surface area (Å²) in [5, 5.41) is 0. The summed E-state index contributed by atoms with van der Waals surface area (Å²) in [7, 11) is 0. The van der Waals surface area contributed by atoms with E-state index in [1.54, 1.807) is 0 Å². The highest BCUT2D eigenvalue weighted by atomic mass is 16.2. The van der Waals surface area contributed by atoms with Gasteiger partial charge in [-0.3, -0.25) is 15.1 Å². The molecule has 88 valence electrons. The first-order valence-electron chi connectivity index (χ1n) is 6.04. The lowest BCUT2D eigenvalue weighted by Gasteiger charge is -2.30. The van der Waals surface area contributed by atoms with Gasteiger partial charge in [0.25, 0.3) is 5.91 Å². The number of hydrogen-bond acceptors (Lipinski definition) is 3. The second-order valence-electron chi connectivity index (χ2n) is 4.24. The summed E-state index contributed by atoms with van der Waals surface area (Å²) in [5.74, 6) is 5.16. The van der Waals surface area contributed by atoms with E-state index >= 15 is 0 Å². The number of nitrogens with two attached hydrogens (primary N) is 1. The predicted octanol–water partition coefficient (Wildman–Crippen LogP) is 1.02. The number of likely N-dealkylation sites (tertiary alicyclic amines) is 1. The van der Waals surface area contributed by atoms with Crippen LogP contribution in [0.1, 0.15) is 45.4 Å². The lowest BCUT2D eigenvalue weighted by Crippen LogP contribution is -2.49. The van der Waals surface area contributed by atoms with Gasteiger partial charge in [0, 0.05) is 0 Å². The molecule has 0 aliphatic carbocycles. The average molecular weight is 213 g/mol. The van der Waals surface area contributed by atoms with Crippen LogP contribution >= 0.6 is 0 Å². The second-order valence-corrected chi connectivity index (χ2v) is 4.24. The van der Waals surface area contributed by atoms with Crippen LogP contribution in [0.5, 0.6) is 0 Å². The van der Waals surface area contributed by atoms with Crippen molar-refractivity contribution in [1.29, 1.82) is 0 Å². The molecule has 1 atom stereocenters. The Bertz CT molecular complexity index is 188. The van der Waals surface area contributed by atoms with E-state index in [4.69, 9.17) is 5.84 Å². The van der Waals surface area contributed by atoms with Crippen molar-refractivity contribution >= 4 is 5.91 Å². The van der Waals surface area contributed by atoms with Crippen molar-refractivity contribution < 1.29 is 4.79 Å². The Hall–Kier alpha value is -0.610. The van der Waals surface area contributed by atoms with Crippen molar-refractivity contribution in [3.8, 4) is 0 Å². The zero-order chi connectivity index (χ0) is 11.1. The van der Waals surface area contributed by atoms with Gasteiger partial charge in [-0.1, -0.05) is 26.2 Å². The zero-order valence-electron chi connectivity index (χ0n) is 9.67. The normalized spacial score (nSPS) is 21.5. The van der Waals surface area contributed by atoms with Gasteiger partial charge in [0.2, 0.25) is 0 Å². The third kappa shape index (κ3) is 3.80. The summed E-state index contributed by atoms with van der Waals surface area (Å²) < 4.78 is 0. The van der Waals surface area contributed by atoms with Crippen LogP contribution in [-0.4, -0.2) is 29.9 Å². The maximum atomic E-state index is 11.6. The summed E-state index contributed by atoms with van der Waals surface area (Å²) in [4.78, 5) is 13.8. The average Bonchev–Trinajstić information content (AvgIpc) is 2.21. The summed E-state index contributed by atoms with van der Waals surface area (Å²) in [5.41, 5.74) is 2.27. The first-order valence-corrected chi connectivity index (χ1v) is 6.04. The number of carbonyl (C=O) groups excluding carboxylic acids is 1. The number of nitrogens with one attached hydrogen (secondary N) is 1. The molecule has 1 rings (SSSR count). The lowest BCUT2D eigenvalue weighted by molar-refractivity contribution is -0.126. The molecule has 0 saturated carbocycles. The minimum absolute atomic E-state index is 0.0342. The van der Waals surface area contributed by atoms with Crippen LogP contribution < -0.4 is 11.3 Å². The molecule has 0 aromatic rings. The molecule has 1 aliphatic rings. The molecule has 1 amide bonds. The first-order chi connectivity index (χ1) is 7.29. The van der Waals surface area contributed by atoms with E-state index in [0.29, 0.717) is 0 Å². The van der Waals surface area contributed by atoms with Crippen LogP contribution in [0.2, 0.25) is 0 Å². The maximum absolute atomic E-state index is 11.6. The minimum Gasteiger partial charge on any atom is -0.293 e. The van der Waals surface area contributed by atoms with Crippen molar-refractivity contribution in [3.63, 3.8) is 0 Å². The van der Waals surface area contributed by atoms with Crippen LogP contribution in [0.4, 0.5) is 0 Å². The van der Waals surface area contributed by atoms with Gasteiger partial charge < -0.3 is 0 Å². The standard InChI is InChI=1S/C11H23N3O/c1-2-10(11(15)13-12)14-8-6-4-3-5-7-9-14/h10H,2-9,12H2,1H3,(H,13,15). The Kier molecular flexibility index (Phi) is 5.65. The molecular weight excluding hydrogens is 190 g/mol. The molecule has 1 aliphatic heterocycles. The summed E-state index contributed by atoms with van der Waals surface area (Å²) in [6.07, 6.45) is 7.16. The Morgan fingerprint density at radius 1 is 1.27 bits per heavy atom. The Morgan fingerprint density at radius 2 is 1.80 bits per heavy atom. The Labute approximate surface area is 92.2 Å². The van der Waals surface area contributed by atoms with Gasteiger partial charge in [-0.2, -0.15) is 0 Å². The molecule has 1 heterocycles. The van der Waals surface area contributed by atoms with E-state index in [1.165, 1.54) is 32.1 Å². The summed E-state index contributed by atoms with van der Waals surface area (Å²) in [6.45, 7) is 4.11. The molecular formula is C11H23N3O. The number of amides is 1. The summed E-state index contributed by atoms with van der Waals surface area (Å²) in [6, 6.07) is -0.0342. The van der Waals surface area contributed by atoms with E-state index in [1.807, 2.05) is 6.92 Å². The van der Waals surface area contributed by atoms with Crippen molar-refractivity contribution in [2.24, 2.45) is 5.84 Å². The van der Waals surface area contributed by atoms with Crippen LogP contribution in [-0.2, 0) is 4.79 Å². The van der Waals surface area contributed by atoms with E-state index < -0.39 is 0 Å². The third-order valence-electron chi connectivity index (χ3n) is 3.16. The Morgan fingerprint density at radius 3 is 2.27 bits per heavy atom. The number of hydrogen-bond donors (Lipinski definition) is 2. The van der Waals surface area contributed by atoms with Gasteiger partial charge in [-0.05, 0) is 32.4 Å². The molecule has 15 heavy (non-hydrogen) atoms. The maximum Gasteiger partial charge on any atom is 0.251 e. The molecule has 4 heteroatoms. The molecule has 0 spiro atoms. The Balaban J connectivity index is 2.51. The minimum atomic E-state index is -0.0435. The molecule has 1 unspecified atom stereocenters. The van der Waals surface area contributed by atoms with E-state index in [0.717, 1.165) is 19.5 Å². The van der Waals surface area contributed by atoms with Crippen LogP contribution in [0.3, 0.4) is 0 Å². The molecule has 0 aromatic heterocycles. The lowest BCUT2D eigenvalue weighted by atomic mass is 10.1. The zero-order valence-corrected chi connectivity index (χ0v) is 9.67. The van der Waals surface area contributed by atoms with Gasteiger partial charge in [-0.25, -0.2) is 5.84 Å². The highest BCUT2D eigenvalue weighted by Gasteiger charge is 2.23. The third-order valence-corrected chi connectivity index (χ3v) is 3.16. The van der Waals surface area contributed by atoms with Crippen LogP contribution in [0.15, 0.2) is 0 Å². The number of rotatable bonds is 3. The topological polar surface area (TPSA) is 58.4 Å². The van der Waals surface area contributed by atoms with Crippen molar-refractivity contribution in [2.75, 3.05) is 13.1 Å². The predicted molar refractivity (Wildman–Crippen MR) is 61.1 cm³/mol. The highest BCUT2D eigenvalue weighted by Crippen LogP contribution is 2.14. The van der Waals surface area contributed by atoms with E-state index in [2.05, 4.69) is 10.3 Å². The van der Waals surface area contributed by atoms with Gasteiger partial charge in [0.15, 0.2) is 0 Å². The molecule has 0 bridgehead atoms. The largest absolute Gasteiger partial charge is 0.293 e. The fourth-order valence-corrected chi connectivity index (χ4v) is 2.29. The fourth-order valence-electron chi connectivity index (χ4n) is 2.29.